The summed E-state index contributed by atoms with van der Waals surface area (Å²) in [6.45, 7) is 4.90. The molecular weight excluding hydrogens is 947 g/mol. The number of aliphatic hydroxyl groups excluding tert-OH is 2. The van der Waals surface area contributed by atoms with Crippen LogP contribution in [0.1, 0.15) is 380 Å². The zero-order chi connectivity index (χ0) is 55.7. The Labute approximate surface area is 481 Å². The van der Waals surface area contributed by atoms with Crippen molar-refractivity contribution in [1.29, 1.82) is 0 Å². The second-order valence-corrected chi connectivity index (χ2v) is 23.9. The molecule has 0 heterocycles. The van der Waals surface area contributed by atoms with Gasteiger partial charge in [-0.15, -0.1) is 0 Å². The zero-order valence-electron chi connectivity index (χ0n) is 52.0. The van der Waals surface area contributed by atoms with Crippen molar-refractivity contribution in [3.8, 4) is 0 Å². The third-order valence-corrected chi connectivity index (χ3v) is 16.2. The normalized spacial score (nSPS) is 12.7. The maximum Gasteiger partial charge on any atom is 0.305 e. The quantitative estimate of drug-likeness (QED) is 0.0320. The second kappa shape index (κ2) is 66.6. The van der Waals surface area contributed by atoms with Gasteiger partial charge in [-0.25, -0.2) is 0 Å². The van der Waals surface area contributed by atoms with E-state index in [4.69, 9.17) is 4.74 Å². The number of esters is 1. The van der Waals surface area contributed by atoms with Gasteiger partial charge in [0.2, 0.25) is 5.91 Å². The molecular formula is C71H135NO5. The van der Waals surface area contributed by atoms with Crippen molar-refractivity contribution in [3.05, 3.63) is 36.5 Å². The fourth-order valence-corrected chi connectivity index (χ4v) is 10.8. The Morgan fingerprint density at radius 2 is 0.649 bits per heavy atom. The number of nitrogens with one attached hydrogen (secondary N) is 1. The summed E-state index contributed by atoms with van der Waals surface area (Å²) in [5.41, 5.74) is 0. The molecule has 0 aromatic heterocycles. The standard InChI is InChI=1S/C71H135NO5/c1-3-5-7-9-11-13-15-17-19-20-21-22-23-24-26-29-32-36-39-43-47-51-55-59-63-69(74)68(67-73)72-70(75)64-60-56-52-48-44-40-37-33-30-27-25-28-31-34-38-42-46-50-54-58-62-66-77-71(76)65-61-57-53-49-45-41-35-18-16-14-12-10-8-6-4-2/h12,14,18,35,59,63,68-69,73-74H,3-11,13,15-17,19-34,36-58,60-62,64-67H2,1-2H3,(H,72,75)/b14-12-,35-18-,63-59+. The van der Waals surface area contributed by atoms with Crippen molar-refractivity contribution in [1.82, 2.24) is 5.32 Å². The van der Waals surface area contributed by atoms with Crippen molar-refractivity contribution < 1.29 is 24.5 Å². The van der Waals surface area contributed by atoms with Gasteiger partial charge in [0.05, 0.1) is 25.4 Å². The van der Waals surface area contributed by atoms with E-state index in [-0.39, 0.29) is 18.5 Å². The summed E-state index contributed by atoms with van der Waals surface area (Å²) in [5, 5.41) is 23.3. The van der Waals surface area contributed by atoms with Gasteiger partial charge in [-0.05, 0) is 64.2 Å². The SMILES string of the molecule is CCCCC/C=C\C/C=C\CCCCCCCC(=O)OCCCCCCCCCCCCCCCCCCCCCCCC(=O)NC(CO)C(O)/C=C/CCCCCCCCCCCCCCCCCCCCCCCC. The average Bonchev–Trinajstić information content (AvgIpc) is 3.43. The number of allylic oxidation sites excluding steroid dienone is 5. The lowest BCUT2D eigenvalue weighted by molar-refractivity contribution is -0.143. The molecule has 0 bridgehead atoms. The first-order valence-electron chi connectivity index (χ1n) is 34.8. The first kappa shape index (κ1) is 75.1. The molecule has 0 saturated heterocycles. The molecule has 0 spiro atoms. The fourth-order valence-electron chi connectivity index (χ4n) is 10.8. The van der Waals surface area contributed by atoms with Crippen LogP contribution in [0.25, 0.3) is 0 Å². The van der Waals surface area contributed by atoms with E-state index in [0.717, 1.165) is 51.4 Å². The van der Waals surface area contributed by atoms with Crippen molar-refractivity contribution in [2.24, 2.45) is 0 Å². The molecule has 77 heavy (non-hydrogen) atoms. The van der Waals surface area contributed by atoms with Crippen molar-refractivity contribution in [3.63, 3.8) is 0 Å². The van der Waals surface area contributed by atoms with E-state index < -0.39 is 12.1 Å². The molecule has 0 aromatic rings. The molecule has 454 valence electrons. The van der Waals surface area contributed by atoms with Gasteiger partial charge in [-0.3, -0.25) is 9.59 Å². The summed E-state index contributed by atoms with van der Waals surface area (Å²) in [6.07, 6.45) is 84.9. The number of rotatable bonds is 65. The monoisotopic (exact) mass is 1080 g/mol. The molecule has 0 aliphatic carbocycles. The minimum Gasteiger partial charge on any atom is -0.466 e. The third-order valence-electron chi connectivity index (χ3n) is 16.2. The smallest absolute Gasteiger partial charge is 0.305 e. The minimum absolute atomic E-state index is 0.00204. The van der Waals surface area contributed by atoms with E-state index in [9.17, 15) is 19.8 Å². The number of aliphatic hydroxyl groups is 2. The Morgan fingerprint density at radius 3 is 1.01 bits per heavy atom. The van der Waals surface area contributed by atoms with Crippen LogP contribution < -0.4 is 5.32 Å². The highest BCUT2D eigenvalue weighted by atomic mass is 16.5. The van der Waals surface area contributed by atoms with Crippen LogP contribution in [0.2, 0.25) is 0 Å². The maximum absolute atomic E-state index is 12.5. The second-order valence-electron chi connectivity index (χ2n) is 23.9. The summed E-state index contributed by atoms with van der Waals surface area (Å²) in [7, 11) is 0. The number of hydrogen-bond donors (Lipinski definition) is 3. The number of amides is 1. The van der Waals surface area contributed by atoms with Crippen LogP contribution in [-0.2, 0) is 14.3 Å². The van der Waals surface area contributed by atoms with E-state index in [1.54, 1.807) is 6.08 Å². The van der Waals surface area contributed by atoms with Crippen LogP contribution in [0.15, 0.2) is 36.5 Å². The Bertz CT molecular complexity index is 1250. The zero-order valence-corrected chi connectivity index (χ0v) is 52.0. The van der Waals surface area contributed by atoms with Crippen LogP contribution in [0.5, 0.6) is 0 Å². The number of hydrogen-bond acceptors (Lipinski definition) is 5. The maximum atomic E-state index is 12.5. The van der Waals surface area contributed by atoms with Crippen molar-refractivity contribution in [2.45, 2.75) is 392 Å². The van der Waals surface area contributed by atoms with Gasteiger partial charge < -0.3 is 20.3 Å². The molecule has 0 radical (unpaired) electrons. The molecule has 0 fully saturated rings. The lowest BCUT2D eigenvalue weighted by atomic mass is 10.0. The number of ether oxygens (including phenoxy) is 1. The Hall–Kier alpha value is -1.92. The van der Waals surface area contributed by atoms with Crippen LogP contribution in [0.4, 0.5) is 0 Å². The average molecular weight is 1080 g/mol. The van der Waals surface area contributed by atoms with Gasteiger partial charge in [0.1, 0.15) is 0 Å². The molecule has 6 heteroatoms. The summed E-state index contributed by atoms with van der Waals surface area (Å²) in [5.74, 6) is -0.0674. The lowest BCUT2D eigenvalue weighted by Gasteiger charge is -2.20. The topological polar surface area (TPSA) is 95.9 Å². The molecule has 1 amide bonds. The first-order valence-corrected chi connectivity index (χ1v) is 34.8. The molecule has 0 aliphatic heterocycles. The summed E-state index contributed by atoms with van der Waals surface area (Å²) in [4.78, 5) is 24.6. The van der Waals surface area contributed by atoms with Crippen LogP contribution in [0.3, 0.4) is 0 Å². The van der Waals surface area contributed by atoms with Crippen LogP contribution in [-0.4, -0.2) is 47.4 Å². The van der Waals surface area contributed by atoms with Gasteiger partial charge in [0.25, 0.3) is 0 Å². The van der Waals surface area contributed by atoms with Gasteiger partial charge in [-0.1, -0.05) is 339 Å². The molecule has 2 atom stereocenters. The molecule has 3 N–H and O–H groups in total. The number of carbonyl (C=O) groups excluding carboxylic acids is 2. The Balaban J connectivity index is 3.42. The van der Waals surface area contributed by atoms with E-state index in [1.165, 1.54) is 302 Å². The minimum atomic E-state index is -0.847. The number of carbonyl (C=O) groups is 2. The summed E-state index contributed by atoms with van der Waals surface area (Å²) < 4.78 is 5.48. The predicted molar refractivity (Wildman–Crippen MR) is 338 cm³/mol. The number of unbranched alkanes of at least 4 members (excludes halogenated alkanes) is 50. The van der Waals surface area contributed by atoms with Crippen LogP contribution >= 0.6 is 0 Å². The molecule has 6 nitrogen and oxygen atoms in total. The van der Waals surface area contributed by atoms with Gasteiger partial charge in [0.15, 0.2) is 0 Å². The molecule has 0 rings (SSSR count). The van der Waals surface area contributed by atoms with E-state index in [2.05, 4.69) is 43.5 Å². The van der Waals surface area contributed by atoms with Gasteiger partial charge >= 0.3 is 5.97 Å². The highest BCUT2D eigenvalue weighted by Crippen LogP contribution is 2.19. The van der Waals surface area contributed by atoms with Crippen LogP contribution in [0, 0.1) is 0 Å². The highest BCUT2D eigenvalue weighted by Gasteiger charge is 2.18. The lowest BCUT2D eigenvalue weighted by Crippen LogP contribution is -2.45. The van der Waals surface area contributed by atoms with Crippen molar-refractivity contribution in [2.75, 3.05) is 13.2 Å². The molecule has 0 saturated carbocycles. The van der Waals surface area contributed by atoms with E-state index in [0.29, 0.717) is 19.4 Å². The fraction of sp³-hybridized carbons (Fsp3) is 0.887. The highest BCUT2D eigenvalue weighted by molar-refractivity contribution is 5.76. The molecule has 0 aliphatic rings. The van der Waals surface area contributed by atoms with Crippen molar-refractivity contribution >= 4 is 11.9 Å². The summed E-state index contributed by atoms with van der Waals surface area (Å²) >= 11 is 0. The largest absolute Gasteiger partial charge is 0.466 e. The predicted octanol–water partition coefficient (Wildman–Crippen LogP) is 22.3. The van der Waals surface area contributed by atoms with E-state index >= 15 is 0 Å². The van der Waals surface area contributed by atoms with Gasteiger partial charge in [-0.2, -0.15) is 0 Å². The van der Waals surface area contributed by atoms with E-state index in [1.807, 2.05) is 6.08 Å². The Morgan fingerprint density at radius 1 is 0.364 bits per heavy atom. The third kappa shape index (κ3) is 63.1. The molecule has 0 aromatic carbocycles. The summed E-state index contributed by atoms with van der Waals surface area (Å²) in [6, 6.07) is -0.631. The first-order chi connectivity index (χ1) is 38.0. The molecule has 2 unspecified atom stereocenters. The Kier molecular flexibility index (Phi) is 64.9. The van der Waals surface area contributed by atoms with Gasteiger partial charge in [0, 0.05) is 12.8 Å².